The van der Waals surface area contributed by atoms with Crippen LogP contribution in [0.4, 0.5) is 0 Å². The number of hydrogen-bond donors (Lipinski definition) is 1. The third-order valence-corrected chi connectivity index (χ3v) is 2.77. The van der Waals surface area contributed by atoms with Gasteiger partial charge in [-0.1, -0.05) is 29.3 Å². The van der Waals surface area contributed by atoms with Crippen LogP contribution in [0.15, 0.2) is 22.7 Å². The maximum Gasteiger partial charge on any atom is 0.314 e. The third kappa shape index (κ3) is 2.40. The molecule has 1 aromatic carbocycles. The highest BCUT2D eigenvalue weighted by Gasteiger charge is 2.08. The maximum atomic E-state index is 6.00. The summed E-state index contributed by atoms with van der Waals surface area (Å²) in [7, 11) is 0. The highest BCUT2D eigenvalue weighted by molar-refractivity contribution is 7.71. The molecule has 1 N–H and O–H groups in total. The second kappa shape index (κ2) is 4.35. The van der Waals surface area contributed by atoms with Gasteiger partial charge in [0.05, 0.1) is 0 Å². The van der Waals surface area contributed by atoms with E-state index in [0.717, 1.165) is 5.56 Å². The van der Waals surface area contributed by atoms with Crippen LogP contribution in [0.5, 0.6) is 0 Å². The Labute approximate surface area is 101 Å². The van der Waals surface area contributed by atoms with Gasteiger partial charge in [0, 0.05) is 16.5 Å². The number of nitrogens with one attached hydrogen (secondary N) is 1. The average Bonchev–Trinajstić information content (AvgIpc) is 2.58. The molecule has 0 radical (unpaired) electrons. The van der Waals surface area contributed by atoms with Crippen molar-refractivity contribution in [1.82, 2.24) is 10.1 Å². The van der Waals surface area contributed by atoms with Gasteiger partial charge < -0.3 is 4.52 Å². The minimum atomic E-state index is 0.174. The number of hydrogen-bond acceptors (Lipinski definition) is 3. The molecule has 15 heavy (non-hydrogen) atoms. The van der Waals surface area contributed by atoms with Crippen LogP contribution in [0.2, 0.25) is 10.0 Å². The number of H-pyrrole nitrogens is 1. The molecule has 2 aromatic rings. The van der Waals surface area contributed by atoms with Gasteiger partial charge in [-0.3, -0.25) is 0 Å². The molecular formula is C9H6Cl2N2OS. The van der Waals surface area contributed by atoms with E-state index < -0.39 is 0 Å². The van der Waals surface area contributed by atoms with E-state index in [1.165, 1.54) is 0 Å². The predicted octanol–water partition coefficient (Wildman–Crippen LogP) is 3.63. The fraction of sp³-hybridized carbons (Fsp3) is 0.111. The predicted molar refractivity (Wildman–Crippen MR) is 61.0 cm³/mol. The molecular weight excluding hydrogens is 255 g/mol. The van der Waals surface area contributed by atoms with E-state index in [1.807, 2.05) is 0 Å². The van der Waals surface area contributed by atoms with E-state index >= 15 is 0 Å². The summed E-state index contributed by atoms with van der Waals surface area (Å²) < 4.78 is 4.81. The Hall–Kier alpha value is -0.840. The maximum absolute atomic E-state index is 6.00. The van der Waals surface area contributed by atoms with E-state index in [0.29, 0.717) is 22.3 Å². The van der Waals surface area contributed by atoms with Crippen molar-refractivity contribution in [3.8, 4) is 0 Å². The topological polar surface area (TPSA) is 41.8 Å². The van der Waals surface area contributed by atoms with Gasteiger partial charge in [-0.2, -0.15) is 4.98 Å². The van der Waals surface area contributed by atoms with Gasteiger partial charge in [-0.15, -0.1) is 0 Å². The Kier molecular flexibility index (Phi) is 3.09. The molecule has 6 heteroatoms. The van der Waals surface area contributed by atoms with E-state index in [-0.39, 0.29) is 4.84 Å². The lowest BCUT2D eigenvalue weighted by Gasteiger charge is -2.03. The van der Waals surface area contributed by atoms with Gasteiger partial charge in [-0.25, -0.2) is 5.16 Å². The standard InChI is InChI=1S/C9H6Cl2N2OS/c10-6-2-1-3-7(11)5(6)4-8-12-9(15)14-13-8/h1-3H,4H2,(H,12,13,15). The van der Waals surface area contributed by atoms with Crippen LogP contribution >= 0.6 is 35.4 Å². The van der Waals surface area contributed by atoms with Crippen molar-refractivity contribution in [3.05, 3.63) is 44.5 Å². The van der Waals surface area contributed by atoms with Crippen LogP contribution in [-0.2, 0) is 6.42 Å². The molecule has 0 saturated heterocycles. The largest absolute Gasteiger partial charge is 0.348 e. The van der Waals surface area contributed by atoms with Gasteiger partial charge in [0.15, 0.2) is 0 Å². The molecule has 0 unspecified atom stereocenters. The van der Waals surface area contributed by atoms with Gasteiger partial charge in [0.25, 0.3) is 0 Å². The van der Waals surface area contributed by atoms with Crippen molar-refractivity contribution in [2.45, 2.75) is 6.42 Å². The second-order valence-corrected chi connectivity index (χ2v) is 4.07. The molecule has 0 aliphatic carbocycles. The molecule has 1 aromatic heterocycles. The summed E-state index contributed by atoms with van der Waals surface area (Å²) in [5.74, 6) is 0.606. The molecule has 0 spiro atoms. The zero-order valence-electron chi connectivity index (χ0n) is 7.46. The quantitative estimate of drug-likeness (QED) is 0.839. The monoisotopic (exact) mass is 260 g/mol. The van der Waals surface area contributed by atoms with E-state index in [2.05, 4.69) is 10.1 Å². The first-order chi connectivity index (χ1) is 7.16. The van der Waals surface area contributed by atoms with Gasteiger partial charge in [-0.05, 0) is 29.9 Å². The van der Waals surface area contributed by atoms with Gasteiger partial charge >= 0.3 is 4.84 Å². The van der Waals surface area contributed by atoms with Crippen molar-refractivity contribution in [2.75, 3.05) is 0 Å². The summed E-state index contributed by atoms with van der Waals surface area (Å²) in [6, 6.07) is 5.34. The van der Waals surface area contributed by atoms with Crippen LogP contribution in [0, 0.1) is 4.84 Å². The average molecular weight is 261 g/mol. The SMILES string of the molecule is S=c1nc(Cc2c(Cl)cccc2Cl)[nH]o1. The number of halogens is 2. The highest BCUT2D eigenvalue weighted by Crippen LogP contribution is 2.25. The number of aromatic amines is 1. The minimum Gasteiger partial charge on any atom is -0.348 e. The molecule has 0 aliphatic rings. The lowest BCUT2D eigenvalue weighted by molar-refractivity contribution is 0.399. The van der Waals surface area contributed by atoms with Crippen LogP contribution in [0.25, 0.3) is 0 Å². The first kappa shape index (κ1) is 10.7. The zero-order valence-corrected chi connectivity index (χ0v) is 9.79. The van der Waals surface area contributed by atoms with Crippen LogP contribution in [-0.4, -0.2) is 10.1 Å². The normalized spacial score (nSPS) is 10.5. The number of benzene rings is 1. The van der Waals surface area contributed by atoms with E-state index in [1.54, 1.807) is 18.2 Å². The van der Waals surface area contributed by atoms with E-state index in [4.69, 9.17) is 39.9 Å². The Morgan fingerprint density at radius 1 is 1.33 bits per heavy atom. The van der Waals surface area contributed by atoms with Crippen molar-refractivity contribution >= 4 is 35.4 Å². The van der Waals surface area contributed by atoms with Crippen LogP contribution in [0.3, 0.4) is 0 Å². The smallest absolute Gasteiger partial charge is 0.314 e. The highest BCUT2D eigenvalue weighted by atomic mass is 35.5. The molecule has 0 saturated carbocycles. The molecule has 1 heterocycles. The summed E-state index contributed by atoms with van der Waals surface area (Å²) >= 11 is 16.7. The van der Waals surface area contributed by atoms with E-state index in [9.17, 15) is 0 Å². The molecule has 78 valence electrons. The van der Waals surface area contributed by atoms with Crippen molar-refractivity contribution < 1.29 is 4.52 Å². The minimum absolute atomic E-state index is 0.174. The van der Waals surface area contributed by atoms with Crippen LogP contribution < -0.4 is 0 Å². The zero-order chi connectivity index (χ0) is 10.8. The lowest BCUT2D eigenvalue weighted by Crippen LogP contribution is -1.92. The molecule has 0 bridgehead atoms. The third-order valence-electron chi connectivity index (χ3n) is 1.89. The summed E-state index contributed by atoms with van der Waals surface area (Å²) in [4.78, 5) is 4.14. The fourth-order valence-corrected chi connectivity index (χ4v) is 1.89. The Balaban J connectivity index is 2.35. The number of nitrogens with zero attached hydrogens (tertiary/aromatic N) is 1. The molecule has 3 nitrogen and oxygen atoms in total. The molecule has 0 amide bonds. The Morgan fingerprint density at radius 2 is 2.00 bits per heavy atom. The lowest BCUT2D eigenvalue weighted by atomic mass is 10.1. The van der Waals surface area contributed by atoms with Gasteiger partial charge in [0.2, 0.25) is 0 Å². The number of aromatic nitrogens is 2. The Morgan fingerprint density at radius 3 is 2.53 bits per heavy atom. The summed E-state index contributed by atoms with van der Waals surface area (Å²) in [6.45, 7) is 0. The van der Waals surface area contributed by atoms with Crippen molar-refractivity contribution in [3.63, 3.8) is 0 Å². The van der Waals surface area contributed by atoms with Gasteiger partial charge in [0.1, 0.15) is 5.82 Å². The summed E-state index contributed by atoms with van der Waals surface area (Å²) in [5, 5.41) is 3.80. The molecule has 0 fully saturated rings. The number of rotatable bonds is 2. The summed E-state index contributed by atoms with van der Waals surface area (Å²) in [5.41, 5.74) is 0.806. The molecule has 2 rings (SSSR count). The second-order valence-electron chi connectivity index (χ2n) is 2.91. The molecule has 0 atom stereocenters. The first-order valence-corrected chi connectivity index (χ1v) is 5.30. The van der Waals surface area contributed by atoms with Crippen LogP contribution in [0.1, 0.15) is 11.4 Å². The first-order valence-electron chi connectivity index (χ1n) is 4.14. The molecule has 0 aliphatic heterocycles. The summed E-state index contributed by atoms with van der Waals surface area (Å²) in [6.07, 6.45) is 0.471. The fourth-order valence-electron chi connectivity index (χ4n) is 1.20. The Bertz CT molecular complexity index is 515. The van der Waals surface area contributed by atoms with Crippen molar-refractivity contribution in [2.24, 2.45) is 0 Å². The van der Waals surface area contributed by atoms with Crippen molar-refractivity contribution in [1.29, 1.82) is 0 Å².